The van der Waals surface area contributed by atoms with Gasteiger partial charge in [0.25, 0.3) is 0 Å². The molecule has 4 aromatic carbocycles. The minimum atomic E-state index is -0.0672. The smallest absolute Gasteiger partial charge is 0.0622 e. The van der Waals surface area contributed by atoms with Crippen LogP contribution in [0.2, 0.25) is 0 Å². The number of hydrogen-bond donors (Lipinski definition) is 0. The minimum Gasteiger partial charge on any atom is -0.0622 e. The van der Waals surface area contributed by atoms with E-state index in [0.717, 1.165) is 21.9 Å². The fraction of sp³-hybridized carbons (Fsp3) is 0. The summed E-state index contributed by atoms with van der Waals surface area (Å²) in [5.41, 5.74) is 3.16. The van der Waals surface area contributed by atoms with Gasteiger partial charge in [-0.2, -0.15) is 0 Å². The topological polar surface area (TPSA) is 0 Å². The van der Waals surface area contributed by atoms with Crippen LogP contribution in [-0.2, 0) is 0 Å². The molecule has 110 valence electrons. The largest absolute Gasteiger partial charge is 0.0635 e. The SMILES string of the molecule is [2H]c1c([2H])c(-c2ccc3cccc(-c4ccccc4)c3c2)c([2H])c([2H])c1Br. The predicted octanol–water partition coefficient (Wildman–Crippen LogP) is 6.94. The lowest BCUT2D eigenvalue weighted by atomic mass is 9.95. The Morgan fingerprint density at radius 1 is 0.652 bits per heavy atom. The van der Waals surface area contributed by atoms with Gasteiger partial charge in [0.2, 0.25) is 0 Å². The van der Waals surface area contributed by atoms with Crippen molar-refractivity contribution in [2.75, 3.05) is 0 Å². The monoisotopic (exact) mass is 362 g/mol. The van der Waals surface area contributed by atoms with Crippen molar-refractivity contribution < 1.29 is 5.48 Å². The molecule has 0 aliphatic heterocycles. The summed E-state index contributed by atoms with van der Waals surface area (Å²) in [6.45, 7) is 0. The van der Waals surface area contributed by atoms with Gasteiger partial charge in [-0.3, -0.25) is 0 Å². The van der Waals surface area contributed by atoms with Gasteiger partial charge in [-0.15, -0.1) is 0 Å². The summed E-state index contributed by atoms with van der Waals surface area (Å²) in [5, 5.41) is 2.08. The molecule has 0 aromatic heterocycles. The summed E-state index contributed by atoms with van der Waals surface area (Å²) in [5.74, 6) is 0. The maximum absolute atomic E-state index is 8.32. The van der Waals surface area contributed by atoms with Crippen LogP contribution in [-0.4, -0.2) is 0 Å². The molecule has 0 spiro atoms. The lowest BCUT2D eigenvalue weighted by Crippen LogP contribution is -1.83. The van der Waals surface area contributed by atoms with Crippen molar-refractivity contribution in [3.8, 4) is 22.3 Å². The quantitative estimate of drug-likeness (QED) is 0.362. The highest BCUT2D eigenvalue weighted by Crippen LogP contribution is 2.32. The lowest BCUT2D eigenvalue weighted by molar-refractivity contribution is 1.60. The van der Waals surface area contributed by atoms with Crippen molar-refractivity contribution in [3.63, 3.8) is 0 Å². The highest BCUT2D eigenvalue weighted by Gasteiger charge is 2.05. The van der Waals surface area contributed by atoms with E-state index in [-0.39, 0.29) is 28.6 Å². The van der Waals surface area contributed by atoms with Crippen LogP contribution >= 0.6 is 15.9 Å². The molecule has 0 bridgehead atoms. The second-order valence-corrected chi connectivity index (χ2v) is 6.09. The zero-order valence-corrected chi connectivity index (χ0v) is 13.8. The molecule has 0 amide bonds. The third-order valence-electron chi connectivity index (χ3n) is 3.85. The van der Waals surface area contributed by atoms with Crippen LogP contribution < -0.4 is 0 Å². The third kappa shape index (κ3) is 2.80. The van der Waals surface area contributed by atoms with E-state index in [1.807, 2.05) is 48.5 Å². The molecule has 0 aliphatic carbocycles. The van der Waals surface area contributed by atoms with Crippen molar-refractivity contribution in [2.45, 2.75) is 0 Å². The van der Waals surface area contributed by atoms with Crippen LogP contribution in [0.15, 0.2) is 95.4 Å². The van der Waals surface area contributed by atoms with E-state index in [1.165, 1.54) is 0 Å². The summed E-state index contributed by atoms with van der Waals surface area (Å²) in [6.07, 6.45) is 0. The Morgan fingerprint density at radius 2 is 1.43 bits per heavy atom. The van der Waals surface area contributed by atoms with Crippen LogP contribution in [0.25, 0.3) is 33.0 Å². The van der Waals surface area contributed by atoms with Crippen LogP contribution in [0.5, 0.6) is 0 Å². The molecule has 0 aliphatic rings. The summed E-state index contributed by atoms with van der Waals surface area (Å²) < 4.78 is 33.0. The molecule has 0 saturated carbocycles. The first-order chi connectivity index (χ1) is 13.0. The zero-order chi connectivity index (χ0) is 19.1. The number of hydrogen-bond acceptors (Lipinski definition) is 0. The Kier molecular flexibility index (Phi) is 2.72. The Labute approximate surface area is 150 Å². The van der Waals surface area contributed by atoms with Gasteiger partial charge in [-0.25, -0.2) is 0 Å². The predicted molar refractivity (Wildman–Crippen MR) is 103 cm³/mol. The van der Waals surface area contributed by atoms with E-state index in [1.54, 1.807) is 0 Å². The molecular weight excluding hydrogens is 344 g/mol. The molecule has 0 fully saturated rings. The average Bonchev–Trinajstić information content (AvgIpc) is 2.71. The van der Waals surface area contributed by atoms with Gasteiger partial charge in [-0.1, -0.05) is 88.7 Å². The highest BCUT2D eigenvalue weighted by molar-refractivity contribution is 9.10. The fourth-order valence-corrected chi connectivity index (χ4v) is 2.94. The van der Waals surface area contributed by atoms with E-state index in [9.17, 15) is 0 Å². The summed E-state index contributed by atoms with van der Waals surface area (Å²) in [4.78, 5) is 0. The van der Waals surface area contributed by atoms with Crippen LogP contribution in [0, 0.1) is 0 Å². The number of benzene rings is 4. The molecule has 0 N–H and O–H groups in total. The van der Waals surface area contributed by atoms with Gasteiger partial charge in [0.05, 0.1) is 5.48 Å². The molecule has 1 heteroatoms. The second kappa shape index (κ2) is 6.02. The summed E-state index contributed by atoms with van der Waals surface area (Å²) >= 11 is 3.15. The van der Waals surface area contributed by atoms with E-state index in [2.05, 4.69) is 34.1 Å². The van der Waals surface area contributed by atoms with E-state index in [0.29, 0.717) is 11.1 Å². The molecule has 0 unspecified atom stereocenters. The lowest BCUT2D eigenvalue weighted by Gasteiger charge is -2.09. The Hall–Kier alpha value is -2.38. The van der Waals surface area contributed by atoms with Crippen LogP contribution in [0.4, 0.5) is 0 Å². The maximum atomic E-state index is 8.32. The Bertz CT molecular complexity index is 1140. The van der Waals surface area contributed by atoms with E-state index in [4.69, 9.17) is 5.48 Å². The highest BCUT2D eigenvalue weighted by atomic mass is 79.9. The number of halogens is 1. The van der Waals surface area contributed by atoms with Gasteiger partial charge in [0.1, 0.15) is 0 Å². The molecule has 0 atom stereocenters. The molecule has 0 heterocycles. The molecule has 4 rings (SSSR count). The Balaban J connectivity index is 2.01. The van der Waals surface area contributed by atoms with Crippen molar-refractivity contribution in [1.29, 1.82) is 0 Å². The fourth-order valence-electron chi connectivity index (χ4n) is 2.74. The van der Waals surface area contributed by atoms with Crippen molar-refractivity contribution in [1.82, 2.24) is 0 Å². The molecule has 0 saturated heterocycles. The zero-order valence-electron chi connectivity index (χ0n) is 16.2. The number of rotatable bonds is 2. The van der Waals surface area contributed by atoms with Gasteiger partial charge in [-0.05, 0) is 51.2 Å². The summed E-state index contributed by atoms with van der Waals surface area (Å²) in [7, 11) is 0. The first kappa shape index (κ1) is 10.4. The molecule has 4 aromatic rings. The van der Waals surface area contributed by atoms with E-state index < -0.39 is 0 Å². The first-order valence-electron chi connectivity index (χ1n) is 9.33. The van der Waals surface area contributed by atoms with Gasteiger partial charge in [0.15, 0.2) is 0 Å². The van der Waals surface area contributed by atoms with Crippen LogP contribution in [0.3, 0.4) is 0 Å². The molecular formula is C22H15Br. The van der Waals surface area contributed by atoms with Crippen molar-refractivity contribution >= 4 is 26.7 Å². The number of fused-ring (bicyclic) bond motifs is 1. The standard InChI is InChI=1S/C22H15Br/c23-20-13-11-16(12-14-20)19-10-9-18-7-4-8-21(22(18)15-19)17-5-2-1-3-6-17/h1-15H/i11D,12D,13D,14D. The molecule has 23 heavy (non-hydrogen) atoms. The maximum Gasteiger partial charge on any atom is 0.0635 e. The third-order valence-corrected chi connectivity index (χ3v) is 4.25. The summed E-state index contributed by atoms with van der Waals surface area (Å²) in [6, 6.07) is 21.7. The van der Waals surface area contributed by atoms with Gasteiger partial charge >= 0.3 is 0 Å². The minimum absolute atomic E-state index is 0.0422. The average molecular weight is 363 g/mol. The molecule has 0 radical (unpaired) electrons. The van der Waals surface area contributed by atoms with E-state index >= 15 is 0 Å². The normalized spacial score (nSPS) is 13.3. The molecule has 0 nitrogen and oxygen atoms in total. The van der Waals surface area contributed by atoms with Gasteiger partial charge in [0, 0.05) is 4.47 Å². The van der Waals surface area contributed by atoms with Crippen molar-refractivity contribution in [2.24, 2.45) is 0 Å². The Morgan fingerprint density at radius 3 is 2.22 bits per heavy atom. The van der Waals surface area contributed by atoms with Crippen molar-refractivity contribution in [3.05, 3.63) is 95.4 Å². The second-order valence-electron chi connectivity index (χ2n) is 5.30. The first-order valence-corrected chi connectivity index (χ1v) is 8.12. The van der Waals surface area contributed by atoms with Gasteiger partial charge < -0.3 is 0 Å². The van der Waals surface area contributed by atoms with Crippen LogP contribution in [0.1, 0.15) is 5.48 Å².